The molecule has 4 N–H and O–H groups in total. The number of nitrogens with zero attached hydrogens (tertiary/aromatic N) is 6. The number of aromatic nitrogens is 7. The molecule has 228 valence electrons. The smallest absolute Gasteiger partial charge is 0.231 e. The predicted molar refractivity (Wildman–Crippen MR) is 161 cm³/mol. The summed E-state index contributed by atoms with van der Waals surface area (Å²) in [6, 6.07) is 3.27. The van der Waals surface area contributed by atoms with E-state index in [9.17, 15) is 15.0 Å². The number of carbonyl (C=O) groups excluding carboxylic acids is 1. The number of nitrogens with one attached hydrogen (secondary N) is 2. The predicted octanol–water partition coefficient (Wildman–Crippen LogP) is 3.78. The Hall–Kier alpha value is -3.70. The largest absolute Gasteiger partial charge is 0.390 e. The number of H-pyrrole nitrogens is 1. The van der Waals surface area contributed by atoms with Gasteiger partial charge in [0, 0.05) is 42.5 Å². The molecule has 11 nitrogen and oxygen atoms in total. The fourth-order valence-corrected chi connectivity index (χ4v) is 6.49. The highest BCUT2D eigenvalue weighted by Crippen LogP contribution is 2.36. The number of pyridine rings is 1. The van der Waals surface area contributed by atoms with Crippen LogP contribution >= 0.6 is 0 Å². The lowest BCUT2D eigenvalue weighted by atomic mass is 9.82. The molecule has 2 fully saturated rings. The van der Waals surface area contributed by atoms with Crippen LogP contribution in [0, 0.1) is 11.8 Å². The van der Waals surface area contributed by atoms with Crippen molar-refractivity contribution in [3.63, 3.8) is 0 Å². The molecule has 6 rings (SSSR count). The third kappa shape index (κ3) is 6.78. The lowest BCUT2D eigenvalue weighted by Crippen LogP contribution is -2.51. The van der Waals surface area contributed by atoms with Crippen molar-refractivity contribution in [2.24, 2.45) is 11.8 Å². The molecule has 11 heteroatoms. The minimum atomic E-state index is -1.03. The summed E-state index contributed by atoms with van der Waals surface area (Å²) in [6.45, 7) is 2.09. The van der Waals surface area contributed by atoms with Gasteiger partial charge in [-0.1, -0.05) is 45.4 Å². The van der Waals surface area contributed by atoms with Crippen LogP contribution in [0.4, 0.5) is 0 Å². The summed E-state index contributed by atoms with van der Waals surface area (Å²) in [6.07, 6.45) is 16.9. The number of rotatable bonds is 13. The number of carbonyl (C=O) groups is 1. The summed E-state index contributed by atoms with van der Waals surface area (Å²) < 4.78 is 1.88. The number of aryl methyl sites for hydroxylation is 1. The molecule has 4 atom stereocenters. The van der Waals surface area contributed by atoms with Crippen LogP contribution in [0.3, 0.4) is 0 Å². The number of hydrogen-bond donors (Lipinski definition) is 4. The monoisotopic (exact) mass is 586 g/mol. The van der Waals surface area contributed by atoms with Crippen molar-refractivity contribution in [1.29, 1.82) is 0 Å². The Labute approximate surface area is 251 Å². The second-order valence-corrected chi connectivity index (χ2v) is 12.3. The maximum atomic E-state index is 14.3. The zero-order valence-corrected chi connectivity index (χ0v) is 24.8. The Morgan fingerprint density at radius 1 is 1.12 bits per heavy atom. The minimum Gasteiger partial charge on any atom is -0.390 e. The molecule has 4 aromatic rings. The molecule has 0 aromatic carbocycles. The van der Waals surface area contributed by atoms with Crippen LogP contribution in [0.25, 0.3) is 16.9 Å². The van der Waals surface area contributed by atoms with E-state index >= 15 is 0 Å². The van der Waals surface area contributed by atoms with Gasteiger partial charge in [0.25, 0.3) is 0 Å². The summed E-state index contributed by atoms with van der Waals surface area (Å²) in [5.74, 6) is -0.000419. The molecule has 0 bridgehead atoms. The topological polar surface area (TPSA) is 154 Å². The normalized spacial score (nSPS) is 18.8. The second-order valence-electron chi connectivity index (χ2n) is 12.3. The van der Waals surface area contributed by atoms with Crippen molar-refractivity contribution in [3.8, 4) is 11.3 Å². The van der Waals surface area contributed by atoms with Crippen LogP contribution in [0.15, 0.2) is 43.2 Å². The van der Waals surface area contributed by atoms with Crippen molar-refractivity contribution < 1.29 is 15.0 Å². The van der Waals surface area contributed by atoms with Crippen LogP contribution < -0.4 is 5.32 Å². The van der Waals surface area contributed by atoms with E-state index in [4.69, 9.17) is 4.98 Å². The van der Waals surface area contributed by atoms with E-state index in [1.54, 1.807) is 24.9 Å². The quantitative estimate of drug-likeness (QED) is 0.185. The van der Waals surface area contributed by atoms with Gasteiger partial charge in [-0.15, -0.1) is 10.2 Å². The van der Waals surface area contributed by atoms with E-state index in [-0.39, 0.29) is 11.8 Å². The Morgan fingerprint density at radius 2 is 1.95 bits per heavy atom. The van der Waals surface area contributed by atoms with E-state index in [0.29, 0.717) is 36.7 Å². The lowest BCUT2D eigenvalue weighted by molar-refractivity contribution is -0.125. The van der Waals surface area contributed by atoms with E-state index in [0.717, 1.165) is 67.6 Å². The highest BCUT2D eigenvalue weighted by Gasteiger charge is 2.40. The van der Waals surface area contributed by atoms with E-state index in [1.807, 2.05) is 22.7 Å². The molecule has 2 aliphatic rings. The van der Waals surface area contributed by atoms with Gasteiger partial charge in [-0.25, -0.2) is 9.97 Å². The van der Waals surface area contributed by atoms with Gasteiger partial charge in [-0.05, 0) is 49.7 Å². The number of imidazole rings is 1. The maximum absolute atomic E-state index is 14.3. The summed E-state index contributed by atoms with van der Waals surface area (Å²) >= 11 is 0. The summed E-state index contributed by atoms with van der Waals surface area (Å²) in [5, 5.41) is 34.5. The van der Waals surface area contributed by atoms with E-state index < -0.39 is 24.2 Å². The Morgan fingerprint density at radius 3 is 2.65 bits per heavy atom. The number of hydrogen-bond acceptors (Lipinski definition) is 8. The molecule has 1 unspecified atom stereocenters. The van der Waals surface area contributed by atoms with Crippen molar-refractivity contribution >= 4 is 11.6 Å². The Balaban J connectivity index is 1.36. The van der Waals surface area contributed by atoms with Gasteiger partial charge < -0.3 is 20.5 Å². The molecule has 4 heterocycles. The zero-order chi connectivity index (χ0) is 29.8. The fraction of sp³-hybridized carbons (Fsp3) is 0.562. The number of aliphatic hydroxyl groups excluding tert-OH is 2. The first-order chi connectivity index (χ1) is 21.0. The average Bonchev–Trinajstić information content (AvgIpc) is 3.59. The van der Waals surface area contributed by atoms with Gasteiger partial charge >= 0.3 is 0 Å². The maximum Gasteiger partial charge on any atom is 0.231 e. The van der Waals surface area contributed by atoms with E-state index in [2.05, 4.69) is 37.4 Å². The van der Waals surface area contributed by atoms with Crippen molar-refractivity contribution in [2.75, 3.05) is 0 Å². The van der Waals surface area contributed by atoms with Crippen molar-refractivity contribution in [2.45, 2.75) is 102 Å². The molecule has 0 radical (unpaired) electrons. The van der Waals surface area contributed by atoms with Gasteiger partial charge in [0.05, 0.1) is 29.9 Å². The molecule has 0 saturated heterocycles. The van der Waals surface area contributed by atoms with Gasteiger partial charge in [-0.2, -0.15) is 0 Å². The molecular weight excluding hydrogens is 544 g/mol. The third-order valence-electron chi connectivity index (χ3n) is 9.05. The molecule has 43 heavy (non-hydrogen) atoms. The minimum absolute atomic E-state index is 0.0948. The lowest BCUT2D eigenvalue weighted by Gasteiger charge is -2.33. The molecule has 0 aliphatic heterocycles. The van der Waals surface area contributed by atoms with Crippen molar-refractivity contribution in [1.82, 2.24) is 39.9 Å². The molecule has 4 aromatic heterocycles. The third-order valence-corrected chi connectivity index (χ3v) is 9.05. The highest BCUT2D eigenvalue weighted by atomic mass is 16.3. The van der Waals surface area contributed by atoms with Crippen molar-refractivity contribution in [3.05, 3.63) is 60.5 Å². The van der Waals surface area contributed by atoms with Gasteiger partial charge in [0.2, 0.25) is 5.91 Å². The number of amides is 1. The zero-order valence-electron chi connectivity index (χ0n) is 24.8. The fourth-order valence-electron chi connectivity index (χ4n) is 6.49. The Bertz CT molecular complexity index is 1480. The van der Waals surface area contributed by atoms with Gasteiger partial charge in [0.1, 0.15) is 17.8 Å². The van der Waals surface area contributed by atoms with Gasteiger partial charge in [0.15, 0.2) is 5.65 Å². The first kappa shape index (κ1) is 29.4. The number of fused-ring (bicyclic) bond motifs is 1. The van der Waals surface area contributed by atoms with Gasteiger partial charge in [-0.3, -0.25) is 14.2 Å². The Kier molecular flexibility index (Phi) is 9.08. The second kappa shape index (κ2) is 13.3. The molecular formula is C32H42N8O3. The summed E-state index contributed by atoms with van der Waals surface area (Å²) in [7, 11) is 0. The SMILES string of the molecule is CCCc1nc(-c2cccnc2)cn2c(C(Cc3cnc[nH]3)C(=O)N[C@@H](CC3CCCCC3)[C@@H](O)[C@@H](O)C3CC3)nnc12. The van der Waals surface area contributed by atoms with Crippen LogP contribution in [0.5, 0.6) is 0 Å². The molecule has 0 spiro atoms. The van der Waals surface area contributed by atoms with E-state index in [1.165, 1.54) is 6.42 Å². The summed E-state index contributed by atoms with van der Waals surface area (Å²) in [5.41, 5.74) is 3.80. The number of aromatic amines is 1. The highest BCUT2D eigenvalue weighted by molar-refractivity contribution is 5.83. The first-order valence-electron chi connectivity index (χ1n) is 15.8. The molecule has 2 saturated carbocycles. The molecule has 2 aliphatic carbocycles. The average molecular weight is 587 g/mol. The standard InChI is InChI=1S/C32H42N8O3/c1-2-7-25-31-39-38-30(40(31)18-27(36-25)22-10-6-13-33-16-22)24(15-23-17-34-19-35-23)32(43)37-26(14-20-8-4-3-5-9-20)29(42)28(41)21-11-12-21/h6,10,13,16-21,24,26,28-29,41-42H,2-5,7-9,11-12,14-15H2,1H3,(H,34,35)(H,37,43)/t24?,26-,28-,29+/m0/s1. The molecule has 1 amide bonds. The van der Waals surface area contributed by atoms with Crippen LogP contribution in [-0.4, -0.2) is 68.9 Å². The number of aliphatic hydroxyl groups is 2. The van der Waals surface area contributed by atoms with Crippen LogP contribution in [0.1, 0.15) is 87.8 Å². The van der Waals surface area contributed by atoms with Crippen LogP contribution in [-0.2, 0) is 17.6 Å². The first-order valence-corrected chi connectivity index (χ1v) is 15.8. The summed E-state index contributed by atoms with van der Waals surface area (Å²) in [4.78, 5) is 30.7. The van der Waals surface area contributed by atoms with Crippen LogP contribution in [0.2, 0.25) is 0 Å².